The Morgan fingerprint density at radius 1 is 0.843 bits per heavy atom. The van der Waals surface area contributed by atoms with Crippen LogP contribution in [-0.4, -0.2) is 80.5 Å². The Balaban J connectivity index is 1.57. The quantitative estimate of drug-likeness (QED) is 0.136. The van der Waals surface area contributed by atoms with Crippen molar-refractivity contribution < 1.29 is 33.3 Å². The van der Waals surface area contributed by atoms with Gasteiger partial charge in [0.15, 0.2) is 5.78 Å². The van der Waals surface area contributed by atoms with Crippen molar-refractivity contribution in [3.63, 3.8) is 0 Å². The summed E-state index contributed by atoms with van der Waals surface area (Å²) in [5.41, 5.74) is 3.08. The van der Waals surface area contributed by atoms with Crippen LogP contribution < -0.4 is 24.8 Å². The van der Waals surface area contributed by atoms with Crippen molar-refractivity contribution in [3.8, 4) is 17.2 Å². The molecule has 3 aromatic carbocycles. The van der Waals surface area contributed by atoms with Crippen molar-refractivity contribution in [2.75, 3.05) is 52.8 Å². The number of nitrogens with zero attached hydrogens (tertiary/aromatic N) is 1. The summed E-state index contributed by atoms with van der Waals surface area (Å²) >= 11 is 1.65. The Hall–Kier alpha value is -4.38. The molecule has 4 rings (SSSR count). The van der Waals surface area contributed by atoms with Gasteiger partial charge >= 0.3 is 6.09 Å². The first-order chi connectivity index (χ1) is 24.1. The summed E-state index contributed by atoms with van der Waals surface area (Å²) in [5, 5.41) is 6.46. The normalized spacial score (nSPS) is 13.7. The molecular formula is C40H53N3O7S. The third-order valence-corrected chi connectivity index (χ3v) is 9.70. The van der Waals surface area contributed by atoms with Crippen LogP contribution in [0.15, 0.2) is 59.5 Å². The van der Waals surface area contributed by atoms with Gasteiger partial charge in [0.25, 0.3) is 0 Å². The summed E-state index contributed by atoms with van der Waals surface area (Å²) in [7, 11) is 4.82. The van der Waals surface area contributed by atoms with Gasteiger partial charge in [0.1, 0.15) is 22.8 Å². The second kappa shape index (κ2) is 17.2. The van der Waals surface area contributed by atoms with Crippen molar-refractivity contribution in [1.29, 1.82) is 0 Å². The van der Waals surface area contributed by atoms with Crippen molar-refractivity contribution >= 4 is 35.2 Å². The fourth-order valence-corrected chi connectivity index (χ4v) is 6.97. The lowest BCUT2D eigenvalue weighted by Crippen LogP contribution is -2.44. The maximum atomic E-state index is 14.1. The summed E-state index contributed by atoms with van der Waals surface area (Å²) in [6.45, 7) is 13.8. The number of nitrogens with one attached hydrogen (secondary N) is 2. The number of amides is 2. The Bertz CT molecular complexity index is 1670. The minimum absolute atomic E-state index is 0.0610. The monoisotopic (exact) mass is 719 g/mol. The van der Waals surface area contributed by atoms with Crippen molar-refractivity contribution in [2.24, 2.45) is 5.92 Å². The van der Waals surface area contributed by atoms with Gasteiger partial charge in [0.2, 0.25) is 5.91 Å². The molecule has 1 heterocycles. The lowest BCUT2D eigenvalue weighted by atomic mass is 9.93. The smallest absolute Gasteiger partial charge is 0.410 e. The highest BCUT2D eigenvalue weighted by molar-refractivity contribution is 8.00. The zero-order valence-electron chi connectivity index (χ0n) is 31.4. The van der Waals surface area contributed by atoms with Gasteiger partial charge in [0.05, 0.1) is 27.9 Å². The number of methoxy groups -OCH3 is 3. The van der Waals surface area contributed by atoms with E-state index < -0.39 is 5.60 Å². The van der Waals surface area contributed by atoms with E-state index in [1.54, 1.807) is 62.3 Å². The van der Waals surface area contributed by atoms with Crippen LogP contribution >= 0.6 is 11.8 Å². The van der Waals surface area contributed by atoms with Crippen LogP contribution in [0.3, 0.4) is 0 Å². The van der Waals surface area contributed by atoms with E-state index in [2.05, 4.69) is 31.4 Å². The fraction of sp³-hybridized carbons (Fsp3) is 0.475. The summed E-state index contributed by atoms with van der Waals surface area (Å²) in [6, 6.07) is 16.5. The molecule has 0 atom stereocenters. The van der Waals surface area contributed by atoms with Gasteiger partial charge in [-0.15, -0.1) is 11.8 Å². The molecule has 0 radical (unpaired) electrons. The van der Waals surface area contributed by atoms with Gasteiger partial charge in [-0.25, -0.2) is 4.79 Å². The van der Waals surface area contributed by atoms with Crippen LogP contribution in [0.2, 0.25) is 0 Å². The average Bonchev–Trinajstić information content (AvgIpc) is 3.09. The molecule has 11 heteroatoms. The molecule has 0 aromatic heterocycles. The Labute approximate surface area is 306 Å². The first-order valence-corrected chi connectivity index (χ1v) is 18.2. The third-order valence-electron chi connectivity index (χ3n) is 8.42. The number of piperidine rings is 1. The maximum Gasteiger partial charge on any atom is 0.410 e. The second-order valence-corrected chi connectivity index (χ2v) is 16.5. The molecule has 3 aromatic rings. The topological polar surface area (TPSA) is 115 Å². The van der Waals surface area contributed by atoms with Crippen molar-refractivity contribution in [1.82, 2.24) is 10.2 Å². The Morgan fingerprint density at radius 3 is 2.08 bits per heavy atom. The summed E-state index contributed by atoms with van der Waals surface area (Å²) in [5.74, 6) is 2.02. The zero-order valence-corrected chi connectivity index (χ0v) is 32.3. The van der Waals surface area contributed by atoms with Crippen molar-refractivity contribution in [2.45, 2.75) is 76.0 Å². The fourth-order valence-electron chi connectivity index (χ4n) is 5.81. The number of thioether (sulfide) groups is 1. The predicted molar refractivity (Wildman–Crippen MR) is 203 cm³/mol. The van der Waals surface area contributed by atoms with E-state index in [1.165, 1.54) is 0 Å². The molecule has 1 fully saturated rings. The maximum absolute atomic E-state index is 14.1. The standard InChI is InChI=1S/C40H53N3O7S/c1-39(2,3)50-38(46)43-20-18-26(19-21-43)24-42-35(44)25-41-33-17-16-31(36(45)27-10-13-29(47-7)14-11-27)32(37(33)51-40(4,5)6)22-28-12-15-30(48-8)23-34(28)49-9/h10-17,23,26,41H,18-22,24-25H2,1-9H3,(H,42,44). The van der Waals surface area contributed by atoms with Gasteiger partial charge in [-0.05, 0) is 93.1 Å². The number of carbonyl (C=O) groups excluding carboxylic acids is 3. The SMILES string of the molecule is COc1ccc(C(=O)c2ccc(NCC(=O)NCC3CCN(C(=O)OC(C)(C)C)CC3)c(SC(C)(C)C)c2Cc2ccc(OC)cc2OC)cc1. The molecule has 2 N–H and O–H groups in total. The first-order valence-electron chi connectivity index (χ1n) is 17.3. The van der Waals surface area contributed by atoms with Crippen LogP contribution in [0.4, 0.5) is 10.5 Å². The molecule has 0 unspecified atom stereocenters. The minimum atomic E-state index is -0.532. The summed E-state index contributed by atoms with van der Waals surface area (Å²) < 4.78 is 21.8. The van der Waals surface area contributed by atoms with E-state index in [-0.39, 0.29) is 35.0 Å². The molecule has 0 spiro atoms. The largest absolute Gasteiger partial charge is 0.497 e. The lowest BCUT2D eigenvalue weighted by molar-refractivity contribution is -0.119. The Kier molecular flexibility index (Phi) is 13.3. The average molecular weight is 720 g/mol. The summed E-state index contributed by atoms with van der Waals surface area (Å²) in [4.78, 5) is 42.4. The number of benzene rings is 3. The van der Waals surface area contributed by atoms with Crippen LogP contribution in [0.1, 0.15) is 81.4 Å². The van der Waals surface area contributed by atoms with Crippen LogP contribution in [0.5, 0.6) is 17.2 Å². The van der Waals surface area contributed by atoms with Crippen molar-refractivity contribution in [3.05, 3.63) is 76.9 Å². The molecule has 1 aliphatic heterocycles. The molecule has 51 heavy (non-hydrogen) atoms. The number of hydrogen-bond acceptors (Lipinski definition) is 9. The molecule has 1 aliphatic rings. The number of ketones is 1. The molecule has 0 aliphatic carbocycles. The molecular weight excluding hydrogens is 667 g/mol. The molecule has 1 saturated heterocycles. The highest BCUT2D eigenvalue weighted by atomic mass is 32.2. The van der Waals surface area contributed by atoms with Gasteiger partial charge < -0.3 is 34.5 Å². The zero-order chi connectivity index (χ0) is 37.3. The number of ether oxygens (including phenoxy) is 4. The van der Waals surface area contributed by atoms with Gasteiger partial charge in [0, 0.05) is 58.6 Å². The van der Waals surface area contributed by atoms with Crippen LogP contribution in [-0.2, 0) is 16.0 Å². The third kappa shape index (κ3) is 11.3. The second-order valence-electron chi connectivity index (χ2n) is 14.7. The Morgan fingerprint density at radius 2 is 1.49 bits per heavy atom. The highest BCUT2D eigenvalue weighted by Gasteiger charge is 2.28. The van der Waals surface area contributed by atoms with E-state index in [9.17, 15) is 14.4 Å². The highest BCUT2D eigenvalue weighted by Crippen LogP contribution is 2.43. The van der Waals surface area contributed by atoms with E-state index in [4.69, 9.17) is 18.9 Å². The molecule has 2 amide bonds. The number of carbonyl (C=O) groups is 3. The lowest BCUT2D eigenvalue weighted by Gasteiger charge is -2.33. The predicted octanol–water partition coefficient (Wildman–Crippen LogP) is 7.60. The van der Waals surface area contributed by atoms with Gasteiger partial charge in [-0.1, -0.05) is 26.8 Å². The molecule has 0 saturated carbocycles. The number of likely N-dealkylation sites (tertiary alicyclic amines) is 1. The number of hydrogen-bond donors (Lipinski definition) is 2. The van der Waals surface area contributed by atoms with E-state index in [0.717, 1.165) is 34.6 Å². The molecule has 276 valence electrons. The van der Waals surface area contributed by atoms with Crippen LogP contribution in [0.25, 0.3) is 0 Å². The first kappa shape index (κ1) is 39.4. The van der Waals surface area contributed by atoms with Gasteiger partial charge in [-0.2, -0.15) is 0 Å². The molecule has 10 nitrogen and oxygen atoms in total. The van der Waals surface area contributed by atoms with E-state index in [1.807, 2.05) is 51.1 Å². The number of anilines is 1. The van der Waals surface area contributed by atoms with Crippen LogP contribution in [0, 0.1) is 5.92 Å². The van der Waals surface area contributed by atoms with E-state index >= 15 is 0 Å². The number of rotatable bonds is 13. The summed E-state index contributed by atoms with van der Waals surface area (Å²) in [6.07, 6.45) is 1.70. The molecule has 0 bridgehead atoms. The van der Waals surface area contributed by atoms with E-state index in [0.29, 0.717) is 54.4 Å². The van der Waals surface area contributed by atoms with Gasteiger partial charge in [-0.3, -0.25) is 9.59 Å². The minimum Gasteiger partial charge on any atom is -0.497 e.